The topological polar surface area (TPSA) is 52.6 Å². The molecule has 90 valence electrons. The van der Waals surface area contributed by atoms with Crippen molar-refractivity contribution in [1.82, 2.24) is 0 Å². The molecule has 0 rings (SSSR count). The first-order valence-corrected chi connectivity index (χ1v) is 4.98. The Morgan fingerprint density at radius 3 is 1.06 bits per heavy atom. The maximum absolute atomic E-state index is 11.3. The monoisotopic (exact) mass is 226 g/mol. The van der Waals surface area contributed by atoms with Gasteiger partial charge in [-0.1, -0.05) is 11.1 Å². The SMILES string of the molecule is CC(C)=C(C)C(=O)OOC(=O)C(C)=C(C)C. The van der Waals surface area contributed by atoms with Gasteiger partial charge < -0.3 is 0 Å². The molecule has 0 aliphatic heterocycles. The fourth-order valence-corrected chi connectivity index (χ4v) is 0.609. The van der Waals surface area contributed by atoms with Crippen molar-refractivity contribution < 1.29 is 19.4 Å². The highest BCUT2D eigenvalue weighted by atomic mass is 17.2. The zero-order valence-corrected chi connectivity index (χ0v) is 10.6. The van der Waals surface area contributed by atoms with Crippen LogP contribution in [-0.2, 0) is 19.4 Å². The molecule has 0 unspecified atom stereocenters. The maximum Gasteiger partial charge on any atom is 0.381 e. The molecule has 0 spiro atoms. The molecule has 0 aromatic heterocycles. The first-order chi connectivity index (χ1) is 7.27. The van der Waals surface area contributed by atoms with Gasteiger partial charge in [0.25, 0.3) is 0 Å². The van der Waals surface area contributed by atoms with Gasteiger partial charge in [-0.15, -0.1) is 0 Å². The van der Waals surface area contributed by atoms with Gasteiger partial charge in [0.05, 0.1) is 0 Å². The predicted molar refractivity (Wildman–Crippen MR) is 60.3 cm³/mol. The summed E-state index contributed by atoms with van der Waals surface area (Å²) in [6.07, 6.45) is 0. The van der Waals surface area contributed by atoms with Crippen molar-refractivity contribution in [2.24, 2.45) is 0 Å². The fraction of sp³-hybridized carbons (Fsp3) is 0.500. The molecule has 4 nitrogen and oxygen atoms in total. The van der Waals surface area contributed by atoms with E-state index >= 15 is 0 Å². The summed E-state index contributed by atoms with van der Waals surface area (Å²) in [4.78, 5) is 31.5. The van der Waals surface area contributed by atoms with Crippen LogP contribution in [0.1, 0.15) is 41.5 Å². The van der Waals surface area contributed by atoms with Gasteiger partial charge in [0, 0.05) is 11.1 Å². The molecule has 0 fully saturated rings. The van der Waals surface area contributed by atoms with Gasteiger partial charge in [-0.25, -0.2) is 19.4 Å². The van der Waals surface area contributed by atoms with Crippen LogP contribution in [0.15, 0.2) is 22.3 Å². The standard InChI is InChI=1S/C12H18O4/c1-7(2)9(5)11(13)15-16-12(14)10(6)8(3)4/h1-6H3. The largest absolute Gasteiger partial charge is 0.381 e. The molecule has 0 bridgehead atoms. The molecule has 16 heavy (non-hydrogen) atoms. The minimum absolute atomic E-state index is 0.433. The van der Waals surface area contributed by atoms with Gasteiger partial charge >= 0.3 is 11.9 Å². The summed E-state index contributed by atoms with van der Waals surface area (Å²) in [5.41, 5.74) is 2.50. The zero-order chi connectivity index (χ0) is 12.9. The van der Waals surface area contributed by atoms with Crippen molar-refractivity contribution >= 4 is 11.9 Å². The molecule has 0 saturated heterocycles. The first kappa shape index (κ1) is 14.4. The number of rotatable bonds is 2. The normalized spacial score (nSPS) is 9.12. The summed E-state index contributed by atoms with van der Waals surface area (Å²) in [6, 6.07) is 0. The molecule has 0 amide bonds. The Bertz CT molecular complexity index is 317. The van der Waals surface area contributed by atoms with Gasteiger partial charge in [0.1, 0.15) is 0 Å². The zero-order valence-electron chi connectivity index (χ0n) is 10.6. The summed E-state index contributed by atoms with van der Waals surface area (Å²) < 4.78 is 0. The van der Waals surface area contributed by atoms with Crippen LogP contribution in [0.2, 0.25) is 0 Å². The Hall–Kier alpha value is -1.58. The third kappa shape index (κ3) is 4.29. The average molecular weight is 226 g/mol. The number of allylic oxidation sites excluding steroid dienone is 2. The Morgan fingerprint density at radius 2 is 0.875 bits per heavy atom. The molecule has 0 aliphatic carbocycles. The average Bonchev–Trinajstić information content (AvgIpc) is 2.22. The van der Waals surface area contributed by atoms with Crippen molar-refractivity contribution in [2.75, 3.05) is 0 Å². The fourth-order valence-electron chi connectivity index (χ4n) is 0.609. The lowest BCUT2D eigenvalue weighted by molar-refractivity contribution is -0.252. The van der Waals surface area contributed by atoms with Gasteiger partial charge in [-0.3, -0.25) is 0 Å². The van der Waals surface area contributed by atoms with Crippen molar-refractivity contribution in [3.05, 3.63) is 22.3 Å². The molecule has 0 saturated carbocycles. The lowest BCUT2D eigenvalue weighted by atomic mass is 10.2. The Balaban J connectivity index is 4.40. The quantitative estimate of drug-likeness (QED) is 0.412. The first-order valence-electron chi connectivity index (χ1n) is 4.98. The van der Waals surface area contributed by atoms with Gasteiger partial charge in [0.2, 0.25) is 0 Å². The van der Waals surface area contributed by atoms with Crippen LogP contribution in [-0.4, -0.2) is 11.9 Å². The molecule has 0 aromatic rings. The van der Waals surface area contributed by atoms with Crippen LogP contribution < -0.4 is 0 Å². The Kier molecular flexibility index (Phi) is 5.50. The number of hydrogen-bond acceptors (Lipinski definition) is 4. The summed E-state index contributed by atoms with van der Waals surface area (Å²) in [5, 5.41) is 0. The second-order valence-electron chi connectivity index (χ2n) is 3.99. The van der Waals surface area contributed by atoms with Crippen LogP contribution >= 0.6 is 0 Å². The van der Waals surface area contributed by atoms with Crippen molar-refractivity contribution in [3.63, 3.8) is 0 Å². The van der Waals surface area contributed by atoms with E-state index in [1.54, 1.807) is 41.5 Å². The highest BCUT2D eigenvalue weighted by molar-refractivity contribution is 5.91. The van der Waals surface area contributed by atoms with Gasteiger partial charge in [-0.2, -0.15) is 0 Å². The number of carbonyl (C=O) groups excluding carboxylic acids is 2. The Labute approximate surface area is 95.9 Å². The van der Waals surface area contributed by atoms with E-state index in [1.807, 2.05) is 0 Å². The molecular weight excluding hydrogens is 208 g/mol. The molecule has 0 aromatic carbocycles. The van der Waals surface area contributed by atoms with E-state index < -0.39 is 11.9 Å². The molecule has 0 atom stereocenters. The summed E-state index contributed by atoms with van der Waals surface area (Å²) >= 11 is 0. The molecule has 0 N–H and O–H groups in total. The molecular formula is C12H18O4. The van der Waals surface area contributed by atoms with E-state index in [9.17, 15) is 9.59 Å². The minimum atomic E-state index is -0.644. The Morgan fingerprint density at radius 1 is 0.625 bits per heavy atom. The van der Waals surface area contributed by atoms with Crippen molar-refractivity contribution in [3.8, 4) is 0 Å². The van der Waals surface area contributed by atoms with E-state index in [1.165, 1.54) is 0 Å². The lowest BCUT2D eigenvalue weighted by Crippen LogP contribution is -2.13. The molecule has 0 aliphatic rings. The van der Waals surface area contributed by atoms with E-state index in [0.717, 1.165) is 11.1 Å². The van der Waals surface area contributed by atoms with Crippen LogP contribution in [0.4, 0.5) is 0 Å². The van der Waals surface area contributed by atoms with E-state index in [0.29, 0.717) is 11.1 Å². The van der Waals surface area contributed by atoms with Crippen molar-refractivity contribution in [2.45, 2.75) is 41.5 Å². The maximum atomic E-state index is 11.3. The summed E-state index contributed by atoms with van der Waals surface area (Å²) in [5.74, 6) is -1.29. The smallest absolute Gasteiger partial charge is 0.242 e. The summed E-state index contributed by atoms with van der Waals surface area (Å²) in [7, 11) is 0. The minimum Gasteiger partial charge on any atom is -0.242 e. The third-order valence-corrected chi connectivity index (χ3v) is 2.31. The molecule has 4 heteroatoms. The molecule has 0 heterocycles. The van der Waals surface area contributed by atoms with Crippen LogP contribution in [0, 0.1) is 0 Å². The van der Waals surface area contributed by atoms with Gasteiger partial charge in [0.15, 0.2) is 0 Å². The molecule has 0 radical (unpaired) electrons. The van der Waals surface area contributed by atoms with Crippen LogP contribution in [0.3, 0.4) is 0 Å². The van der Waals surface area contributed by atoms with E-state index in [4.69, 9.17) is 0 Å². The van der Waals surface area contributed by atoms with E-state index in [-0.39, 0.29) is 0 Å². The highest BCUT2D eigenvalue weighted by Gasteiger charge is 2.14. The van der Waals surface area contributed by atoms with Gasteiger partial charge in [-0.05, 0) is 41.5 Å². The second kappa shape index (κ2) is 6.10. The number of hydrogen-bond donors (Lipinski definition) is 0. The number of carbonyl (C=O) groups is 2. The van der Waals surface area contributed by atoms with E-state index in [2.05, 4.69) is 9.78 Å². The highest BCUT2D eigenvalue weighted by Crippen LogP contribution is 2.07. The predicted octanol–water partition coefficient (Wildman–Crippen LogP) is 2.70. The van der Waals surface area contributed by atoms with Crippen molar-refractivity contribution in [1.29, 1.82) is 0 Å². The lowest BCUT2D eigenvalue weighted by Gasteiger charge is -2.05. The van der Waals surface area contributed by atoms with Crippen LogP contribution in [0.25, 0.3) is 0 Å². The summed E-state index contributed by atoms with van der Waals surface area (Å²) in [6.45, 7) is 10.3. The van der Waals surface area contributed by atoms with Crippen LogP contribution in [0.5, 0.6) is 0 Å². The second-order valence-corrected chi connectivity index (χ2v) is 3.99. The third-order valence-electron chi connectivity index (χ3n) is 2.31.